The number of nitrogens with one attached hydrogen (secondary N) is 2. The van der Waals surface area contributed by atoms with Crippen molar-refractivity contribution >= 4 is 28.0 Å². The van der Waals surface area contributed by atoms with Crippen LogP contribution in [-0.4, -0.2) is 32.6 Å². The number of nitrogens with zero attached hydrogens (tertiary/aromatic N) is 2. The van der Waals surface area contributed by atoms with Crippen LogP contribution in [0.5, 0.6) is 0 Å². The monoisotopic (exact) mass is 356 g/mol. The molecule has 1 aromatic heterocycles. The predicted molar refractivity (Wildman–Crippen MR) is 96.3 cm³/mol. The van der Waals surface area contributed by atoms with Crippen LogP contribution in [-0.2, 0) is 6.42 Å². The second-order valence-electron chi connectivity index (χ2n) is 5.80. The quantitative estimate of drug-likeness (QED) is 0.440. The van der Waals surface area contributed by atoms with E-state index in [1.807, 2.05) is 30.5 Å². The molecule has 0 bridgehead atoms. The molecule has 0 aliphatic carbocycles. The van der Waals surface area contributed by atoms with Crippen LogP contribution in [0.2, 0.25) is 0 Å². The highest BCUT2D eigenvalue weighted by Gasteiger charge is 2.22. The second kappa shape index (κ2) is 7.19. The van der Waals surface area contributed by atoms with Gasteiger partial charge in [-0.25, -0.2) is 0 Å². The number of rotatable bonds is 7. The third-order valence-corrected chi connectivity index (χ3v) is 4.11. The van der Waals surface area contributed by atoms with E-state index >= 15 is 0 Å². The number of para-hydroxylation sites is 1. The number of aliphatic hydroxyl groups excluding tert-OH is 1. The van der Waals surface area contributed by atoms with Crippen LogP contribution in [0.4, 0.5) is 17.1 Å². The average molecular weight is 356 g/mol. The van der Waals surface area contributed by atoms with E-state index in [4.69, 9.17) is 0 Å². The number of H-pyrrole nitrogens is 1. The third kappa shape index (κ3) is 3.47. The van der Waals surface area contributed by atoms with E-state index < -0.39 is 21.6 Å². The zero-order chi connectivity index (χ0) is 18.7. The molecule has 9 nitrogen and oxygen atoms in total. The van der Waals surface area contributed by atoms with Gasteiger partial charge in [0.2, 0.25) is 0 Å². The number of aromatic amines is 1. The van der Waals surface area contributed by atoms with Gasteiger partial charge in [0, 0.05) is 23.2 Å². The van der Waals surface area contributed by atoms with Crippen molar-refractivity contribution in [2.75, 3.05) is 11.9 Å². The number of hydrogen-bond acceptors (Lipinski definition) is 6. The van der Waals surface area contributed by atoms with Crippen molar-refractivity contribution in [3.63, 3.8) is 0 Å². The van der Waals surface area contributed by atoms with Crippen LogP contribution >= 0.6 is 0 Å². The summed E-state index contributed by atoms with van der Waals surface area (Å²) >= 11 is 0. The number of non-ortho nitro benzene ring substituents is 1. The summed E-state index contributed by atoms with van der Waals surface area (Å²) in [6.45, 7) is -0.256. The number of hydrogen-bond donors (Lipinski definition) is 3. The summed E-state index contributed by atoms with van der Waals surface area (Å²) < 4.78 is 0. The molecule has 1 unspecified atom stereocenters. The summed E-state index contributed by atoms with van der Waals surface area (Å²) in [6, 6.07) is 10.6. The fourth-order valence-electron chi connectivity index (χ4n) is 2.85. The predicted octanol–water partition coefficient (Wildman–Crippen LogP) is 3.00. The summed E-state index contributed by atoms with van der Waals surface area (Å²) in [5.41, 5.74) is 1.27. The summed E-state index contributed by atoms with van der Waals surface area (Å²) in [6.07, 6.45) is 2.26. The molecule has 1 heterocycles. The van der Waals surface area contributed by atoms with Gasteiger partial charge in [0.25, 0.3) is 11.4 Å². The molecular weight excluding hydrogens is 340 g/mol. The largest absolute Gasteiger partial charge is 0.394 e. The summed E-state index contributed by atoms with van der Waals surface area (Å²) in [5.74, 6) is 0. The first-order valence-corrected chi connectivity index (χ1v) is 7.85. The highest BCUT2D eigenvalue weighted by atomic mass is 16.6. The van der Waals surface area contributed by atoms with Crippen molar-refractivity contribution in [1.29, 1.82) is 0 Å². The summed E-state index contributed by atoms with van der Waals surface area (Å²) in [7, 11) is 0. The smallest absolute Gasteiger partial charge is 0.299 e. The van der Waals surface area contributed by atoms with Crippen LogP contribution in [0.3, 0.4) is 0 Å². The minimum atomic E-state index is -0.688. The van der Waals surface area contributed by atoms with Gasteiger partial charge in [-0.2, -0.15) is 0 Å². The van der Waals surface area contributed by atoms with E-state index in [9.17, 15) is 25.3 Å². The Hall–Kier alpha value is -3.46. The fraction of sp³-hybridized carbons (Fsp3) is 0.176. The highest BCUT2D eigenvalue weighted by Crippen LogP contribution is 2.30. The lowest BCUT2D eigenvalue weighted by atomic mass is 10.0. The Bertz CT molecular complexity index is 969. The van der Waals surface area contributed by atoms with Crippen molar-refractivity contribution in [1.82, 2.24) is 4.98 Å². The molecule has 0 amide bonds. The lowest BCUT2D eigenvalue weighted by Gasteiger charge is -2.17. The fourth-order valence-corrected chi connectivity index (χ4v) is 2.85. The standard InChI is InChI=1S/C17H16N4O5/c22-10-12(7-11-9-18-15-4-2-1-3-14(11)15)19-16-6-5-13(20(23)24)8-17(16)21(25)26/h1-6,8-9,12,18-19,22H,7,10H2. The molecule has 3 aromatic rings. The molecule has 0 fully saturated rings. The van der Waals surface area contributed by atoms with E-state index in [2.05, 4.69) is 10.3 Å². The Kier molecular flexibility index (Phi) is 4.81. The molecule has 0 saturated carbocycles. The van der Waals surface area contributed by atoms with E-state index in [1.54, 1.807) is 0 Å². The van der Waals surface area contributed by atoms with Crippen molar-refractivity contribution < 1.29 is 15.0 Å². The topological polar surface area (TPSA) is 134 Å². The van der Waals surface area contributed by atoms with E-state index in [-0.39, 0.29) is 18.0 Å². The minimum Gasteiger partial charge on any atom is -0.394 e. The third-order valence-electron chi connectivity index (χ3n) is 4.11. The Morgan fingerprint density at radius 1 is 1.12 bits per heavy atom. The van der Waals surface area contributed by atoms with Crippen LogP contribution in [0.15, 0.2) is 48.7 Å². The molecule has 3 rings (SSSR count). The normalized spacial score (nSPS) is 12.0. The number of fused-ring (bicyclic) bond motifs is 1. The Morgan fingerprint density at radius 3 is 2.58 bits per heavy atom. The number of benzene rings is 2. The van der Waals surface area contributed by atoms with Gasteiger partial charge < -0.3 is 15.4 Å². The van der Waals surface area contributed by atoms with E-state index in [1.165, 1.54) is 12.1 Å². The molecule has 0 aliphatic heterocycles. The van der Waals surface area contributed by atoms with Gasteiger partial charge in [0.1, 0.15) is 5.69 Å². The van der Waals surface area contributed by atoms with Crippen molar-refractivity contribution in [3.8, 4) is 0 Å². The van der Waals surface area contributed by atoms with E-state index in [0.717, 1.165) is 22.5 Å². The lowest BCUT2D eigenvalue weighted by molar-refractivity contribution is -0.393. The molecule has 0 spiro atoms. The first-order valence-electron chi connectivity index (χ1n) is 7.85. The molecule has 9 heteroatoms. The van der Waals surface area contributed by atoms with Crippen LogP contribution in [0.1, 0.15) is 5.56 Å². The lowest BCUT2D eigenvalue weighted by Crippen LogP contribution is -2.26. The van der Waals surface area contributed by atoms with Crippen molar-refractivity contribution in [3.05, 3.63) is 74.5 Å². The van der Waals surface area contributed by atoms with Crippen molar-refractivity contribution in [2.45, 2.75) is 12.5 Å². The number of nitro benzene ring substituents is 2. The van der Waals surface area contributed by atoms with Gasteiger partial charge in [-0.1, -0.05) is 18.2 Å². The SMILES string of the molecule is O=[N+]([O-])c1ccc(NC(CO)Cc2c[nH]c3ccccc23)c([N+](=O)[O-])c1. The van der Waals surface area contributed by atoms with Gasteiger partial charge >= 0.3 is 0 Å². The molecule has 0 saturated heterocycles. The molecule has 0 radical (unpaired) electrons. The zero-order valence-electron chi connectivity index (χ0n) is 13.6. The maximum absolute atomic E-state index is 11.2. The molecule has 1 atom stereocenters. The van der Waals surface area contributed by atoms with Crippen LogP contribution in [0.25, 0.3) is 10.9 Å². The second-order valence-corrected chi connectivity index (χ2v) is 5.80. The van der Waals surface area contributed by atoms with Gasteiger partial charge in [0.15, 0.2) is 0 Å². The Morgan fingerprint density at radius 2 is 1.88 bits per heavy atom. The zero-order valence-corrected chi connectivity index (χ0v) is 13.6. The summed E-state index contributed by atoms with van der Waals surface area (Å²) in [5, 5.41) is 35.7. The molecular formula is C17H16N4O5. The van der Waals surface area contributed by atoms with Gasteiger partial charge in [-0.05, 0) is 24.1 Å². The van der Waals surface area contributed by atoms with Crippen LogP contribution < -0.4 is 5.32 Å². The highest BCUT2D eigenvalue weighted by molar-refractivity contribution is 5.83. The maximum atomic E-state index is 11.2. The molecule has 26 heavy (non-hydrogen) atoms. The Balaban J connectivity index is 1.86. The first kappa shape index (κ1) is 17.4. The van der Waals surface area contributed by atoms with Crippen LogP contribution in [0, 0.1) is 20.2 Å². The number of anilines is 1. The average Bonchev–Trinajstić information content (AvgIpc) is 3.04. The maximum Gasteiger partial charge on any atom is 0.299 e. The minimum absolute atomic E-state index is 0.125. The number of aromatic nitrogens is 1. The molecule has 3 N–H and O–H groups in total. The van der Waals surface area contributed by atoms with E-state index in [0.29, 0.717) is 6.42 Å². The number of nitro groups is 2. The van der Waals surface area contributed by atoms with Crippen molar-refractivity contribution in [2.24, 2.45) is 0 Å². The molecule has 0 aliphatic rings. The van der Waals surface area contributed by atoms with Gasteiger partial charge in [-0.15, -0.1) is 0 Å². The number of aliphatic hydroxyl groups is 1. The van der Waals surface area contributed by atoms with Gasteiger partial charge in [0.05, 0.1) is 28.6 Å². The summed E-state index contributed by atoms with van der Waals surface area (Å²) in [4.78, 5) is 23.8. The Labute approximate surface area is 147 Å². The molecule has 134 valence electrons. The van der Waals surface area contributed by atoms with Gasteiger partial charge in [-0.3, -0.25) is 20.2 Å². The first-order chi connectivity index (χ1) is 12.5. The molecule has 2 aromatic carbocycles.